The molecule has 2 aromatic rings. The van der Waals surface area contributed by atoms with E-state index in [0.29, 0.717) is 17.1 Å². The van der Waals surface area contributed by atoms with Gasteiger partial charge in [-0.15, -0.1) is 0 Å². The molecule has 1 atom stereocenters. The third-order valence-electron chi connectivity index (χ3n) is 5.29. The molecule has 0 bridgehead atoms. The molecule has 1 amide bonds. The van der Waals surface area contributed by atoms with E-state index in [9.17, 15) is 9.18 Å². The number of nitrogens with zero attached hydrogens (tertiary/aromatic N) is 1. The van der Waals surface area contributed by atoms with Crippen molar-refractivity contribution < 1.29 is 9.18 Å². The van der Waals surface area contributed by atoms with Crippen LogP contribution in [-0.2, 0) is 11.3 Å². The number of carbonyl (C=O) groups is 1. The number of likely N-dealkylation sites (tertiary alicyclic amines) is 1. The zero-order chi connectivity index (χ0) is 19.2. The standard InChI is InChI=1S/C22H26ClFN2O/c1-2-21(16-6-4-3-5-7-16)25-22(27)17-10-12-26(13-11-17)15-18-8-9-19(23)14-20(18)24/h3-9,14,17,21H,2,10-13,15H2,1H3,(H,25,27). The fourth-order valence-corrected chi connectivity index (χ4v) is 3.80. The molecule has 2 aromatic carbocycles. The molecule has 0 aromatic heterocycles. The van der Waals surface area contributed by atoms with Gasteiger partial charge in [-0.3, -0.25) is 9.69 Å². The van der Waals surface area contributed by atoms with E-state index in [0.717, 1.165) is 37.9 Å². The lowest BCUT2D eigenvalue weighted by atomic mass is 9.94. The van der Waals surface area contributed by atoms with Gasteiger partial charge in [0.15, 0.2) is 0 Å². The average Bonchev–Trinajstić information content (AvgIpc) is 2.69. The monoisotopic (exact) mass is 388 g/mol. The Kier molecular flexibility index (Phi) is 6.86. The highest BCUT2D eigenvalue weighted by Gasteiger charge is 2.26. The Morgan fingerprint density at radius 3 is 2.56 bits per heavy atom. The molecule has 3 rings (SSSR count). The Balaban J connectivity index is 1.51. The fraction of sp³-hybridized carbons (Fsp3) is 0.409. The average molecular weight is 389 g/mol. The molecule has 1 heterocycles. The van der Waals surface area contributed by atoms with Crippen LogP contribution in [0.3, 0.4) is 0 Å². The summed E-state index contributed by atoms with van der Waals surface area (Å²) in [7, 11) is 0. The van der Waals surface area contributed by atoms with E-state index in [1.165, 1.54) is 6.07 Å². The molecule has 1 saturated heterocycles. The van der Waals surface area contributed by atoms with Crippen molar-refractivity contribution in [2.24, 2.45) is 5.92 Å². The van der Waals surface area contributed by atoms with Crippen molar-refractivity contribution in [3.05, 3.63) is 70.5 Å². The first-order valence-electron chi connectivity index (χ1n) is 9.58. The second kappa shape index (κ2) is 9.34. The van der Waals surface area contributed by atoms with Crippen molar-refractivity contribution in [1.29, 1.82) is 0 Å². The van der Waals surface area contributed by atoms with Crippen LogP contribution in [0.4, 0.5) is 4.39 Å². The SMILES string of the molecule is CCC(NC(=O)C1CCN(Cc2ccc(Cl)cc2F)CC1)c1ccccc1. The summed E-state index contributed by atoms with van der Waals surface area (Å²) >= 11 is 5.81. The summed E-state index contributed by atoms with van der Waals surface area (Å²) in [5.74, 6) is -0.117. The smallest absolute Gasteiger partial charge is 0.223 e. The second-order valence-corrected chi connectivity index (χ2v) is 7.60. The normalized spacial score (nSPS) is 16.9. The molecule has 0 saturated carbocycles. The van der Waals surface area contributed by atoms with Crippen molar-refractivity contribution in [2.45, 2.75) is 38.8 Å². The van der Waals surface area contributed by atoms with E-state index in [1.807, 2.05) is 18.2 Å². The maximum absolute atomic E-state index is 14.0. The van der Waals surface area contributed by atoms with E-state index in [-0.39, 0.29) is 23.7 Å². The summed E-state index contributed by atoms with van der Waals surface area (Å²) < 4.78 is 14.0. The molecule has 1 aliphatic rings. The maximum Gasteiger partial charge on any atom is 0.223 e. The van der Waals surface area contributed by atoms with Gasteiger partial charge in [-0.1, -0.05) is 54.9 Å². The zero-order valence-corrected chi connectivity index (χ0v) is 16.4. The highest BCUT2D eigenvalue weighted by atomic mass is 35.5. The number of piperidine rings is 1. The summed E-state index contributed by atoms with van der Waals surface area (Å²) in [5, 5.41) is 3.61. The van der Waals surface area contributed by atoms with Crippen LogP contribution in [0.1, 0.15) is 43.4 Å². The Morgan fingerprint density at radius 2 is 1.93 bits per heavy atom. The molecule has 27 heavy (non-hydrogen) atoms. The van der Waals surface area contributed by atoms with Gasteiger partial charge in [-0.25, -0.2) is 4.39 Å². The molecular formula is C22H26ClFN2O. The topological polar surface area (TPSA) is 32.3 Å². The van der Waals surface area contributed by atoms with Crippen LogP contribution < -0.4 is 5.32 Å². The number of amides is 1. The lowest BCUT2D eigenvalue weighted by molar-refractivity contribution is -0.127. The Morgan fingerprint density at radius 1 is 1.22 bits per heavy atom. The number of benzene rings is 2. The van der Waals surface area contributed by atoms with Gasteiger partial charge in [0.1, 0.15) is 5.82 Å². The van der Waals surface area contributed by atoms with E-state index in [1.54, 1.807) is 12.1 Å². The van der Waals surface area contributed by atoms with Gasteiger partial charge in [0.05, 0.1) is 6.04 Å². The Bertz CT molecular complexity index is 760. The Labute approximate surface area is 165 Å². The quantitative estimate of drug-likeness (QED) is 0.758. The molecule has 1 fully saturated rings. The van der Waals surface area contributed by atoms with E-state index < -0.39 is 0 Å². The molecule has 0 spiro atoms. The highest BCUT2D eigenvalue weighted by Crippen LogP contribution is 2.23. The van der Waals surface area contributed by atoms with Crippen molar-refractivity contribution in [2.75, 3.05) is 13.1 Å². The van der Waals surface area contributed by atoms with E-state index in [2.05, 4.69) is 29.3 Å². The summed E-state index contributed by atoms with van der Waals surface area (Å²) in [5.41, 5.74) is 1.79. The molecule has 1 unspecified atom stereocenters. The maximum atomic E-state index is 14.0. The van der Waals surface area contributed by atoms with Crippen LogP contribution in [0, 0.1) is 11.7 Å². The first kappa shape index (κ1) is 19.8. The summed E-state index contributed by atoms with van der Waals surface area (Å²) in [6, 6.07) is 15.0. The predicted molar refractivity (Wildman–Crippen MR) is 107 cm³/mol. The molecule has 0 radical (unpaired) electrons. The number of carbonyl (C=O) groups excluding carboxylic acids is 1. The summed E-state index contributed by atoms with van der Waals surface area (Å²) in [6.45, 7) is 4.23. The van der Waals surface area contributed by atoms with Crippen LogP contribution in [0.15, 0.2) is 48.5 Å². The molecule has 3 nitrogen and oxygen atoms in total. The van der Waals surface area contributed by atoms with Crippen molar-refractivity contribution in [1.82, 2.24) is 10.2 Å². The van der Waals surface area contributed by atoms with E-state index >= 15 is 0 Å². The lowest BCUT2D eigenvalue weighted by Gasteiger charge is -2.32. The molecule has 144 valence electrons. The third kappa shape index (κ3) is 5.30. The number of hydrogen-bond acceptors (Lipinski definition) is 2. The molecule has 1 aliphatic heterocycles. The number of nitrogens with one attached hydrogen (secondary N) is 1. The number of hydrogen-bond donors (Lipinski definition) is 1. The van der Waals surface area contributed by atoms with Crippen LogP contribution >= 0.6 is 11.6 Å². The summed E-state index contributed by atoms with van der Waals surface area (Å²) in [6.07, 6.45) is 2.46. The minimum atomic E-state index is -0.268. The van der Waals surface area contributed by atoms with Gasteiger partial charge in [-0.2, -0.15) is 0 Å². The van der Waals surface area contributed by atoms with Crippen molar-refractivity contribution in [3.63, 3.8) is 0 Å². The van der Waals surface area contributed by atoms with Crippen molar-refractivity contribution in [3.8, 4) is 0 Å². The lowest BCUT2D eigenvalue weighted by Crippen LogP contribution is -2.41. The zero-order valence-electron chi connectivity index (χ0n) is 15.6. The van der Waals surface area contributed by atoms with Crippen molar-refractivity contribution >= 4 is 17.5 Å². The van der Waals surface area contributed by atoms with Crippen LogP contribution in [0.5, 0.6) is 0 Å². The first-order valence-corrected chi connectivity index (χ1v) is 9.96. The largest absolute Gasteiger partial charge is 0.349 e. The van der Waals surface area contributed by atoms with Gasteiger partial charge >= 0.3 is 0 Å². The van der Waals surface area contributed by atoms with Crippen LogP contribution in [0.25, 0.3) is 0 Å². The van der Waals surface area contributed by atoms with E-state index in [4.69, 9.17) is 11.6 Å². The van der Waals surface area contributed by atoms with Gasteiger partial charge in [0.2, 0.25) is 5.91 Å². The van der Waals surface area contributed by atoms with Gasteiger partial charge in [0, 0.05) is 23.0 Å². The van der Waals surface area contributed by atoms with Crippen LogP contribution in [0.2, 0.25) is 5.02 Å². The minimum absolute atomic E-state index is 0.0223. The third-order valence-corrected chi connectivity index (χ3v) is 5.53. The number of halogens is 2. The molecule has 0 aliphatic carbocycles. The Hall–Kier alpha value is -1.91. The van der Waals surface area contributed by atoms with Gasteiger partial charge in [0.25, 0.3) is 0 Å². The fourth-order valence-electron chi connectivity index (χ4n) is 3.64. The molecular weight excluding hydrogens is 363 g/mol. The number of rotatable bonds is 6. The first-order chi connectivity index (χ1) is 13.1. The highest BCUT2D eigenvalue weighted by molar-refractivity contribution is 6.30. The second-order valence-electron chi connectivity index (χ2n) is 7.17. The van der Waals surface area contributed by atoms with Crippen LogP contribution in [-0.4, -0.2) is 23.9 Å². The van der Waals surface area contributed by atoms with Gasteiger partial charge < -0.3 is 5.32 Å². The van der Waals surface area contributed by atoms with Gasteiger partial charge in [-0.05, 0) is 50.0 Å². The minimum Gasteiger partial charge on any atom is -0.349 e. The summed E-state index contributed by atoms with van der Waals surface area (Å²) in [4.78, 5) is 14.9. The molecule has 5 heteroatoms. The molecule has 1 N–H and O–H groups in total. The predicted octanol–water partition coefficient (Wildman–Crippen LogP) is 4.96.